The number of hydrogen-bond acceptors (Lipinski definition) is 10. The average molecular weight is 595 g/mol. The highest BCUT2D eigenvalue weighted by Gasteiger charge is 2.26. The maximum absolute atomic E-state index is 12.9. The molecule has 0 unspecified atom stereocenters. The summed E-state index contributed by atoms with van der Waals surface area (Å²) in [5.74, 6) is -0.126. The van der Waals surface area contributed by atoms with Gasteiger partial charge < -0.3 is 19.5 Å². The van der Waals surface area contributed by atoms with E-state index in [4.69, 9.17) is 14.2 Å². The maximum atomic E-state index is 12.9. The molecule has 3 rings (SSSR count). The molecule has 2 N–H and O–H groups in total. The first-order valence-electron chi connectivity index (χ1n) is 11.2. The molecular weight excluding hydrogens is 568 g/mol. The van der Waals surface area contributed by atoms with E-state index in [1.807, 2.05) is 0 Å². The van der Waals surface area contributed by atoms with E-state index in [1.165, 1.54) is 57.7 Å². The number of nitro groups is 1. The fourth-order valence-corrected chi connectivity index (χ4v) is 5.43. The number of nitrogens with zero attached hydrogens (tertiary/aromatic N) is 2. The fourth-order valence-electron chi connectivity index (χ4n) is 3.51. The molecule has 0 heterocycles. The Hall–Kier alpha value is -4.57. The first-order chi connectivity index (χ1) is 18.8. The number of ether oxygens (including phenoxy) is 3. The van der Waals surface area contributed by atoms with Crippen molar-refractivity contribution in [3.05, 3.63) is 70.8 Å². The van der Waals surface area contributed by atoms with Crippen molar-refractivity contribution in [2.75, 3.05) is 48.5 Å². The minimum Gasteiger partial charge on any atom is -0.497 e. The van der Waals surface area contributed by atoms with Crippen LogP contribution < -0.4 is 28.6 Å². The van der Waals surface area contributed by atoms with Crippen LogP contribution in [-0.2, 0) is 24.8 Å². The summed E-state index contributed by atoms with van der Waals surface area (Å²) < 4.78 is 69.4. The van der Waals surface area contributed by atoms with Crippen LogP contribution in [0.25, 0.3) is 0 Å². The average Bonchev–Trinajstić information content (AvgIpc) is 2.90. The fraction of sp³-hybridized carbons (Fsp3) is 0.208. The van der Waals surface area contributed by atoms with Gasteiger partial charge in [0.15, 0.2) is 0 Å². The first kappa shape index (κ1) is 30.0. The molecule has 0 aliphatic carbocycles. The Morgan fingerprint density at radius 3 is 2.08 bits per heavy atom. The van der Waals surface area contributed by atoms with Gasteiger partial charge in [-0.3, -0.25) is 23.9 Å². The second-order valence-electron chi connectivity index (χ2n) is 8.13. The number of non-ortho nitro benzene ring substituents is 1. The summed E-state index contributed by atoms with van der Waals surface area (Å²) in [7, 11) is -4.08. The molecule has 0 aliphatic heterocycles. The third-order valence-electron chi connectivity index (χ3n) is 5.43. The van der Waals surface area contributed by atoms with Gasteiger partial charge in [-0.25, -0.2) is 16.8 Å². The number of amides is 1. The zero-order chi connectivity index (χ0) is 29.7. The van der Waals surface area contributed by atoms with Gasteiger partial charge in [0, 0.05) is 23.9 Å². The Kier molecular flexibility index (Phi) is 9.06. The zero-order valence-electron chi connectivity index (χ0n) is 21.8. The molecular formula is C24H26N4O10S2. The van der Waals surface area contributed by atoms with E-state index in [-0.39, 0.29) is 33.5 Å². The molecule has 3 aromatic rings. The molecule has 0 spiro atoms. The quantitative estimate of drug-likeness (QED) is 0.233. The van der Waals surface area contributed by atoms with Crippen molar-refractivity contribution in [3.8, 4) is 17.2 Å². The minimum absolute atomic E-state index is 0.00134. The van der Waals surface area contributed by atoms with Crippen LogP contribution in [0.1, 0.15) is 0 Å². The van der Waals surface area contributed by atoms with Gasteiger partial charge >= 0.3 is 0 Å². The summed E-state index contributed by atoms with van der Waals surface area (Å²) >= 11 is 0. The molecule has 40 heavy (non-hydrogen) atoms. The highest BCUT2D eigenvalue weighted by molar-refractivity contribution is 7.92. The van der Waals surface area contributed by atoms with E-state index in [2.05, 4.69) is 10.0 Å². The third kappa shape index (κ3) is 7.09. The van der Waals surface area contributed by atoms with Crippen molar-refractivity contribution in [3.63, 3.8) is 0 Å². The summed E-state index contributed by atoms with van der Waals surface area (Å²) in [6.07, 6.45) is 0.836. The van der Waals surface area contributed by atoms with Crippen LogP contribution in [0.2, 0.25) is 0 Å². The Balaban J connectivity index is 1.80. The number of methoxy groups -OCH3 is 3. The Morgan fingerprint density at radius 1 is 0.900 bits per heavy atom. The molecule has 0 saturated heterocycles. The number of benzene rings is 3. The highest BCUT2D eigenvalue weighted by atomic mass is 32.2. The summed E-state index contributed by atoms with van der Waals surface area (Å²) in [6.45, 7) is -0.742. The van der Waals surface area contributed by atoms with Crippen LogP contribution >= 0.6 is 0 Å². The van der Waals surface area contributed by atoms with Crippen LogP contribution in [0, 0.1) is 10.1 Å². The predicted octanol–water partition coefficient (Wildman–Crippen LogP) is 2.83. The number of carbonyl (C=O) groups is 1. The normalized spacial score (nSPS) is 11.3. The lowest BCUT2D eigenvalue weighted by Crippen LogP contribution is -2.37. The lowest BCUT2D eigenvalue weighted by molar-refractivity contribution is -0.384. The monoisotopic (exact) mass is 594 g/mol. The van der Waals surface area contributed by atoms with Crippen LogP contribution in [0.3, 0.4) is 0 Å². The number of nitrogens with one attached hydrogen (secondary N) is 2. The van der Waals surface area contributed by atoms with Crippen molar-refractivity contribution < 1.29 is 40.8 Å². The van der Waals surface area contributed by atoms with Gasteiger partial charge in [0.1, 0.15) is 29.5 Å². The van der Waals surface area contributed by atoms with E-state index in [0.29, 0.717) is 10.1 Å². The van der Waals surface area contributed by atoms with Gasteiger partial charge in [0.2, 0.25) is 15.9 Å². The smallest absolute Gasteiger partial charge is 0.271 e. The molecule has 3 aromatic carbocycles. The van der Waals surface area contributed by atoms with E-state index in [9.17, 15) is 31.7 Å². The summed E-state index contributed by atoms with van der Waals surface area (Å²) in [4.78, 5) is 23.1. The highest BCUT2D eigenvalue weighted by Crippen LogP contribution is 2.34. The minimum atomic E-state index is -4.08. The molecule has 0 aromatic heterocycles. The van der Waals surface area contributed by atoms with Crippen molar-refractivity contribution in [1.29, 1.82) is 0 Å². The molecule has 14 nitrogen and oxygen atoms in total. The second-order valence-corrected chi connectivity index (χ2v) is 11.7. The van der Waals surface area contributed by atoms with Gasteiger partial charge in [0.25, 0.3) is 15.7 Å². The SMILES string of the molecule is COc1ccc(OC)c(NS(=O)(=O)c2ccc(NC(=O)CN(c3cc([N+](=O)[O-])ccc3OC)S(C)(=O)=O)cc2)c1. The Bertz CT molecular complexity index is 1630. The lowest BCUT2D eigenvalue weighted by atomic mass is 10.2. The molecule has 214 valence electrons. The van der Waals surface area contributed by atoms with Gasteiger partial charge in [-0.05, 0) is 42.5 Å². The summed E-state index contributed by atoms with van der Waals surface area (Å²) in [5, 5.41) is 13.7. The van der Waals surface area contributed by atoms with E-state index in [0.717, 1.165) is 18.4 Å². The Labute approximate surface area is 230 Å². The standard InChI is InChI=1S/C24H26N4O10S2/c1-36-18-8-12-22(37-2)20(14-18)26-40(34,35)19-9-5-16(6-10-19)25-24(29)15-27(39(4,32)33)21-13-17(28(30)31)7-11-23(21)38-3/h5-14,26H,15H2,1-4H3,(H,25,29). The van der Waals surface area contributed by atoms with Crippen LogP contribution in [-0.4, -0.2) is 61.8 Å². The van der Waals surface area contributed by atoms with E-state index in [1.54, 1.807) is 12.1 Å². The van der Waals surface area contributed by atoms with Gasteiger partial charge in [-0.1, -0.05) is 0 Å². The first-order valence-corrected chi connectivity index (χ1v) is 14.6. The second kappa shape index (κ2) is 12.1. The molecule has 1 amide bonds. The number of carbonyl (C=O) groups excluding carboxylic acids is 1. The van der Waals surface area contributed by atoms with Gasteiger partial charge in [-0.15, -0.1) is 0 Å². The van der Waals surface area contributed by atoms with Crippen LogP contribution in [0.15, 0.2) is 65.6 Å². The molecule has 0 fully saturated rings. The topological polar surface area (TPSA) is 183 Å². The van der Waals surface area contributed by atoms with Crippen LogP contribution in [0.5, 0.6) is 17.2 Å². The van der Waals surface area contributed by atoms with E-state index >= 15 is 0 Å². The van der Waals surface area contributed by atoms with Gasteiger partial charge in [0.05, 0.1) is 43.1 Å². The molecule has 0 aliphatic rings. The predicted molar refractivity (Wildman–Crippen MR) is 147 cm³/mol. The number of anilines is 3. The number of nitro benzene ring substituents is 1. The summed E-state index contributed by atoms with van der Waals surface area (Å²) in [6, 6.07) is 13.0. The molecule has 0 radical (unpaired) electrons. The maximum Gasteiger partial charge on any atom is 0.271 e. The zero-order valence-corrected chi connectivity index (χ0v) is 23.4. The number of sulfonamides is 2. The lowest BCUT2D eigenvalue weighted by Gasteiger charge is -2.23. The van der Waals surface area contributed by atoms with E-state index < -0.39 is 43.1 Å². The molecule has 0 bridgehead atoms. The molecule has 0 saturated carbocycles. The third-order valence-corrected chi connectivity index (χ3v) is 7.94. The summed E-state index contributed by atoms with van der Waals surface area (Å²) in [5.41, 5.74) is -0.282. The molecule has 16 heteroatoms. The van der Waals surface area contributed by atoms with Crippen molar-refractivity contribution in [1.82, 2.24) is 0 Å². The van der Waals surface area contributed by atoms with Crippen LogP contribution in [0.4, 0.5) is 22.7 Å². The number of hydrogen-bond donors (Lipinski definition) is 2. The number of rotatable bonds is 12. The van der Waals surface area contributed by atoms with Crippen molar-refractivity contribution in [2.24, 2.45) is 0 Å². The Morgan fingerprint density at radius 2 is 1.52 bits per heavy atom. The van der Waals surface area contributed by atoms with Gasteiger partial charge in [-0.2, -0.15) is 0 Å². The molecule has 0 atom stereocenters. The largest absolute Gasteiger partial charge is 0.497 e. The van der Waals surface area contributed by atoms with Crippen molar-refractivity contribution in [2.45, 2.75) is 4.90 Å². The van der Waals surface area contributed by atoms with Crippen molar-refractivity contribution >= 4 is 48.7 Å².